The summed E-state index contributed by atoms with van der Waals surface area (Å²) in [5.41, 5.74) is 0.450. The standard InChI is InChI=1S/C12H8F2O2S/c13-8-2-1-6-7(10(8)14)5-16-9-3-4-17-12(9)11(6)15/h1-4,11,15H,5H2. The number of fused-ring (bicyclic) bond motifs is 2. The molecule has 1 N–H and O–H groups in total. The van der Waals surface area contributed by atoms with Crippen LogP contribution in [0.15, 0.2) is 23.6 Å². The van der Waals surface area contributed by atoms with Crippen molar-refractivity contribution < 1.29 is 18.6 Å². The van der Waals surface area contributed by atoms with Crippen molar-refractivity contribution in [3.8, 4) is 5.75 Å². The average Bonchev–Trinajstić information content (AvgIpc) is 2.74. The van der Waals surface area contributed by atoms with Crippen molar-refractivity contribution in [3.63, 3.8) is 0 Å². The molecule has 2 heterocycles. The van der Waals surface area contributed by atoms with Crippen molar-refractivity contribution in [2.75, 3.05) is 0 Å². The molecule has 0 saturated heterocycles. The molecule has 1 unspecified atom stereocenters. The molecule has 88 valence electrons. The van der Waals surface area contributed by atoms with Gasteiger partial charge in [-0.05, 0) is 23.1 Å². The lowest BCUT2D eigenvalue weighted by molar-refractivity contribution is 0.222. The number of benzene rings is 1. The van der Waals surface area contributed by atoms with Crippen LogP contribution in [0, 0.1) is 11.6 Å². The Morgan fingerprint density at radius 1 is 1.29 bits per heavy atom. The first-order valence-electron chi connectivity index (χ1n) is 5.03. The molecule has 3 rings (SSSR count). The average molecular weight is 254 g/mol. The molecule has 17 heavy (non-hydrogen) atoms. The molecule has 2 aromatic rings. The maximum atomic E-state index is 13.6. The van der Waals surface area contributed by atoms with E-state index in [1.54, 1.807) is 11.4 Å². The van der Waals surface area contributed by atoms with Crippen LogP contribution < -0.4 is 4.74 Å². The van der Waals surface area contributed by atoms with Crippen molar-refractivity contribution in [1.82, 2.24) is 0 Å². The van der Waals surface area contributed by atoms with Crippen LogP contribution >= 0.6 is 11.3 Å². The van der Waals surface area contributed by atoms with Crippen LogP contribution in [0.1, 0.15) is 22.1 Å². The second-order valence-electron chi connectivity index (χ2n) is 3.77. The first-order valence-corrected chi connectivity index (χ1v) is 5.91. The Balaban J connectivity index is 2.20. The lowest BCUT2D eigenvalue weighted by atomic mass is 10.0. The fourth-order valence-corrected chi connectivity index (χ4v) is 2.77. The Hall–Kier alpha value is -1.46. The first kappa shape index (κ1) is 10.7. The second kappa shape index (κ2) is 3.78. The van der Waals surface area contributed by atoms with E-state index in [1.165, 1.54) is 17.4 Å². The lowest BCUT2D eigenvalue weighted by Crippen LogP contribution is -2.05. The van der Waals surface area contributed by atoms with E-state index in [-0.39, 0.29) is 12.2 Å². The number of hydrogen-bond acceptors (Lipinski definition) is 3. The SMILES string of the molecule is OC1c2ccc(F)c(F)c2COc2ccsc21. The predicted molar refractivity (Wildman–Crippen MR) is 59.1 cm³/mol. The van der Waals surface area contributed by atoms with Gasteiger partial charge in [0.25, 0.3) is 0 Å². The van der Waals surface area contributed by atoms with Gasteiger partial charge in [0, 0.05) is 5.56 Å². The highest BCUT2D eigenvalue weighted by Gasteiger charge is 2.27. The molecule has 5 heteroatoms. The third-order valence-corrected chi connectivity index (χ3v) is 3.76. The number of ether oxygens (including phenoxy) is 1. The molecule has 1 aromatic heterocycles. The normalized spacial score (nSPS) is 17.9. The Labute approximate surface area is 100 Å². The molecule has 1 aliphatic heterocycles. The summed E-state index contributed by atoms with van der Waals surface area (Å²) in [5, 5.41) is 11.9. The van der Waals surface area contributed by atoms with Crippen LogP contribution in [0.25, 0.3) is 0 Å². The van der Waals surface area contributed by atoms with Gasteiger partial charge in [-0.3, -0.25) is 0 Å². The van der Waals surface area contributed by atoms with Gasteiger partial charge >= 0.3 is 0 Å². The van der Waals surface area contributed by atoms with Crippen LogP contribution in [-0.2, 0) is 6.61 Å². The van der Waals surface area contributed by atoms with Crippen molar-refractivity contribution in [2.45, 2.75) is 12.7 Å². The maximum absolute atomic E-state index is 13.6. The smallest absolute Gasteiger partial charge is 0.165 e. The van der Waals surface area contributed by atoms with Gasteiger partial charge in [-0.1, -0.05) is 6.07 Å². The van der Waals surface area contributed by atoms with Gasteiger partial charge in [-0.25, -0.2) is 8.78 Å². The van der Waals surface area contributed by atoms with Crippen LogP contribution in [0.4, 0.5) is 8.78 Å². The zero-order valence-corrected chi connectivity index (χ0v) is 9.43. The van der Waals surface area contributed by atoms with Crippen molar-refractivity contribution >= 4 is 11.3 Å². The number of hydrogen-bond donors (Lipinski definition) is 1. The fourth-order valence-electron chi connectivity index (χ4n) is 1.93. The molecule has 0 spiro atoms. The summed E-state index contributed by atoms with van der Waals surface area (Å²) in [6.45, 7) is -0.0697. The molecular formula is C12H8F2O2S. The van der Waals surface area contributed by atoms with Crippen LogP contribution in [0.5, 0.6) is 5.75 Å². The van der Waals surface area contributed by atoms with Gasteiger partial charge in [0.15, 0.2) is 11.6 Å². The largest absolute Gasteiger partial charge is 0.488 e. The highest BCUT2D eigenvalue weighted by atomic mass is 32.1. The van der Waals surface area contributed by atoms with E-state index in [2.05, 4.69) is 0 Å². The second-order valence-corrected chi connectivity index (χ2v) is 4.72. The zero-order valence-electron chi connectivity index (χ0n) is 8.61. The van der Waals surface area contributed by atoms with Crippen molar-refractivity contribution in [1.29, 1.82) is 0 Å². The molecule has 1 aromatic carbocycles. The fraction of sp³-hybridized carbons (Fsp3) is 0.167. The highest BCUT2D eigenvalue weighted by molar-refractivity contribution is 7.10. The first-order chi connectivity index (χ1) is 8.18. The number of halogens is 2. The van der Waals surface area contributed by atoms with Gasteiger partial charge in [0.1, 0.15) is 18.5 Å². The monoisotopic (exact) mass is 254 g/mol. The molecule has 1 atom stereocenters. The molecular weight excluding hydrogens is 246 g/mol. The molecule has 0 amide bonds. The van der Waals surface area contributed by atoms with Crippen LogP contribution in [0.2, 0.25) is 0 Å². The summed E-state index contributed by atoms with van der Waals surface area (Å²) >= 11 is 1.33. The predicted octanol–water partition coefficient (Wildman–Crippen LogP) is 3.00. The molecule has 0 radical (unpaired) electrons. The summed E-state index contributed by atoms with van der Waals surface area (Å²) in [5.74, 6) is -1.35. The summed E-state index contributed by atoms with van der Waals surface area (Å²) in [6, 6.07) is 4.13. The minimum absolute atomic E-state index is 0.0697. The van der Waals surface area contributed by atoms with E-state index in [1.807, 2.05) is 0 Å². The van der Waals surface area contributed by atoms with E-state index in [0.29, 0.717) is 16.2 Å². The molecule has 0 bridgehead atoms. The van der Waals surface area contributed by atoms with Crippen molar-refractivity contribution in [3.05, 3.63) is 51.2 Å². The minimum atomic E-state index is -0.961. The Kier molecular flexibility index (Phi) is 2.38. The molecule has 0 saturated carbocycles. The third-order valence-electron chi connectivity index (χ3n) is 2.80. The summed E-state index contributed by atoms with van der Waals surface area (Å²) in [4.78, 5) is 0.620. The van der Waals surface area contributed by atoms with Crippen LogP contribution in [0.3, 0.4) is 0 Å². The Bertz CT molecular complexity index is 580. The van der Waals surface area contributed by atoms with Gasteiger partial charge in [-0.2, -0.15) is 0 Å². The summed E-state index contributed by atoms with van der Waals surface area (Å²) < 4.78 is 32.1. The maximum Gasteiger partial charge on any atom is 0.165 e. The molecule has 0 aliphatic carbocycles. The van der Waals surface area contributed by atoms with E-state index in [4.69, 9.17) is 4.74 Å². The minimum Gasteiger partial charge on any atom is -0.488 e. The topological polar surface area (TPSA) is 29.5 Å². The van der Waals surface area contributed by atoms with E-state index >= 15 is 0 Å². The third kappa shape index (κ3) is 1.54. The Morgan fingerprint density at radius 2 is 2.12 bits per heavy atom. The van der Waals surface area contributed by atoms with E-state index in [0.717, 1.165) is 6.07 Å². The number of rotatable bonds is 0. The zero-order chi connectivity index (χ0) is 12.0. The van der Waals surface area contributed by atoms with Crippen LogP contribution in [-0.4, -0.2) is 5.11 Å². The molecule has 1 aliphatic rings. The Morgan fingerprint density at radius 3 is 2.94 bits per heavy atom. The van der Waals surface area contributed by atoms with Crippen molar-refractivity contribution in [2.24, 2.45) is 0 Å². The van der Waals surface area contributed by atoms with Gasteiger partial charge in [-0.15, -0.1) is 11.3 Å². The highest BCUT2D eigenvalue weighted by Crippen LogP contribution is 2.40. The summed E-state index contributed by atoms with van der Waals surface area (Å²) in [6.07, 6.45) is -0.961. The number of thiophene rings is 1. The van der Waals surface area contributed by atoms with Gasteiger partial charge < -0.3 is 9.84 Å². The lowest BCUT2D eigenvalue weighted by Gasteiger charge is -2.11. The summed E-state index contributed by atoms with van der Waals surface area (Å²) in [7, 11) is 0. The van der Waals surface area contributed by atoms with Gasteiger partial charge in [0.2, 0.25) is 0 Å². The molecule has 2 nitrogen and oxygen atoms in total. The number of aliphatic hydroxyl groups is 1. The van der Waals surface area contributed by atoms with E-state index in [9.17, 15) is 13.9 Å². The van der Waals surface area contributed by atoms with Gasteiger partial charge in [0.05, 0.1) is 4.88 Å². The molecule has 0 fully saturated rings. The van der Waals surface area contributed by atoms with E-state index < -0.39 is 17.7 Å². The quantitative estimate of drug-likeness (QED) is 0.783. The number of aliphatic hydroxyl groups excluding tert-OH is 1.